The molecule has 1 aromatic rings. The van der Waals surface area contributed by atoms with Crippen molar-refractivity contribution in [3.63, 3.8) is 0 Å². The molecule has 1 aliphatic carbocycles. The molecule has 0 aromatic heterocycles. The summed E-state index contributed by atoms with van der Waals surface area (Å²) in [6, 6.07) is 1.96. The predicted octanol–water partition coefficient (Wildman–Crippen LogP) is 2.28. The minimum absolute atomic E-state index is 0.0883. The Balaban J connectivity index is 2.53. The van der Waals surface area contributed by atoms with Gasteiger partial charge in [-0.2, -0.15) is 4.31 Å². The summed E-state index contributed by atoms with van der Waals surface area (Å²) in [4.78, 5) is 0.460. The van der Waals surface area contributed by atoms with Gasteiger partial charge < -0.3 is 5.73 Å². The van der Waals surface area contributed by atoms with E-state index in [9.17, 15) is 8.42 Å². The second-order valence-electron chi connectivity index (χ2n) is 6.25. The molecule has 1 unspecified atom stereocenters. The first-order chi connectivity index (χ1) is 9.71. The number of hydrogen-bond donors (Lipinski definition) is 1. The molecule has 4 nitrogen and oxygen atoms in total. The molecule has 0 heterocycles. The molecule has 1 aliphatic rings. The average Bonchev–Trinajstić information content (AvgIpc) is 3.22. The Bertz CT molecular complexity index is 622. The predicted molar refractivity (Wildman–Crippen MR) is 85.9 cm³/mol. The minimum atomic E-state index is -3.51. The summed E-state index contributed by atoms with van der Waals surface area (Å²) in [6.45, 7) is 8.07. The highest BCUT2D eigenvalue weighted by Crippen LogP contribution is 2.37. The van der Waals surface area contributed by atoms with Crippen LogP contribution in [0.5, 0.6) is 0 Å². The third kappa shape index (κ3) is 2.87. The van der Waals surface area contributed by atoms with Gasteiger partial charge in [0.2, 0.25) is 10.0 Å². The Kier molecular flexibility index (Phi) is 4.47. The molecular formula is C16H26N2O2S. The van der Waals surface area contributed by atoms with Gasteiger partial charge in [-0.1, -0.05) is 6.07 Å². The van der Waals surface area contributed by atoms with Gasteiger partial charge in [-0.15, -0.1) is 0 Å². The van der Waals surface area contributed by atoms with Gasteiger partial charge >= 0.3 is 0 Å². The van der Waals surface area contributed by atoms with E-state index in [-0.39, 0.29) is 6.04 Å². The Morgan fingerprint density at radius 1 is 1.19 bits per heavy atom. The van der Waals surface area contributed by atoms with Crippen LogP contribution in [0.2, 0.25) is 0 Å². The van der Waals surface area contributed by atoms with Crippen molar-refractivity contribution >= 4 is 10.0 Å². The number of nitrogens with two attached hydrogens (primary N) is 1. The van der Waals surface area contributed by atoms with Gasteiger partial charge in [0.1, 0.15) is 0 Å². The van der Waals surface area contributed by atoms with Gasteiger partial charge in [-0.25, -0.2) is 8.42 Å². The third-order valence-corrected chi connectivity index (χ3v) is 6.97. The zero-order chi connectivity index (χ0) is 15.9. The quantitative estimate of drug-likeness (QED) is 0.907. The van der Waals surface area contributed by atoms with E-state index in [4.69, 9.17) is 5.73 Å². The van der Waals surface area contributed by atoms with Crippen LogP contribution < -0.4 is 5.73 Å². The Hall–Kier alpha value is -0.910. The van der Waals surface area contributed by atoms with E-state index in [1.54, 1.807) is 7.05 Å². The van der Waals surface area contributed by atoms with E-state index >= 15 is 0 Å². The molecule has 0 bridgehead atoms. The first-order valence-corrected chi connectivity index (χ1v) is 8.91. The van der Waals surface area contributed by atoms with Crippen LogP contribution in [-0.2, 0) is 10.0 Å². The van der Waals surface area contributed by atoms with Gasteiger partial charge in [0.05, 0.1) is 4.90 Å². The van der Waals surface area contributed by atoms with Crippen LogP contribution in [0.4, 0.5) is 0 Å². The zero-order valence-corrected chi connectivity index (χ0v) is 14.4. The maximum atomic E-state index is 13.1. The number of aryl methyl sites for hydroxylation is 2. The standard InChI is InChI=1S/C16H26N2O2S/c1-10-8-11(2)13(4)16(12(10)3)21(19,20)18(5)15(9-17)14-6-7-14/h8,14-15H,6-7,9,17H2,1-5H3. The molecule has 0 spiro atoms. The van der Waals surface area contributed by atoms with Crippen LogP contribution >= 0.6 is 0 Å². The second-order valence-corrected chi connectivity index (χ2v) is 8.19. The van der Waals surface area contributed by atoms with E-state index in [1.165, 1.54) is 4.31 Å². The smallest absolute Gasteiger partial charge is 0.243 e. The van der Waals surface area contributed by atoms with E-state index in [1.807, 2.05) is 33.8 Å². The minimum Gasteiger partial charge on any atom is -0.329 e. The molecule has 1 atom stereocenters. The Morgan fingerprint density at radius 2 is 1.67 bits per heavy atom. The highest BCUT2D eigenvalue weighted by Gasteiger charge is 2.39. The van der Waals surface area contributed by atoms with Crippen LogP contribution in [0.15, 0.2) is 11.0 Å². The summed E-state index contributed by atoms with van der Waals surface area (Å²) in [5.41, 5.74) is 9.54. The molecule has 2 rings (SSSR count). The molecule has 1 fully saturated rings. The van der Waals surface area contributed by atoms with E-state index < -0.39 is 10.0 Å². The number of benzene rings is 1. The molecule has 2 N–H and O–H groups in total. The first-order valence-electron chi connectivity index (χ1n) is 7.47. The van der Waals surface area contributed by atoms with Crippen molar-refractivity contribution in [3.8, 4) is 0 Å². The molecule has 0 amide bonds. The molecule has 21 heavy (non-hydrogen) atoms. The number of nitrogens with zero attached hydrogens (tertiary/aromatic N) is 1. The summed E-state index contributed by atoms with van der Waals surface area (Å²) in [5.74, 6) is 0.418. The average molecular weight is 310 g/mol. The summed E-state index contributed by atoms with van der Waals surface area (Å²) in [6.07, 6.45) is 2.15. The van der Waals surface area contributed by atoms with Crippen molar-refractivity contribution in [1.82, 2.24) is 4.31 Å². The van der Waals surface area contributed by atoms with Crippen molar-refractivity contribution in [3.05, 3.63) is 28.3 Å². The van der Waals surface area contributed by atoms with Gasteiger partial charge in [-0.3, -0.25) is 0 Å². The fourth-order valence-electron chi connectivity index (χ4n) is 3.01. The number of rotatable bonds is 5. The largest absolute Gasteiger partial charge is 0.329 e. The summed E-state index contributed by atoms with van der Waals surface area (Å²) < 4.78 is 27.7. The lowest BCUT2D eigenvalue weighted by Gasteiger charge is -2.28. The SMILES string of the molecule is Cc1cc(C)c(C)c(S(=O)(=O)N(C)C(CN)C2CC2)c1C. The number of hydrogen-bond acceptors (Lipinski definition) is 3. The maximum absolute atomic E-state index is 13.1. The molecule has 1 aromatic carbocycles. The fraction of sp³-hybridized carbons (Fsp3) is 0.625. The summed E-state index contributed by atoms with van der Waals surface area (Å²) in [5, 5.41) is 0. The van der Waals surface area contributed by atoms with Crippen LogP contribution in [0.1, 0.15) is 35.1 Å². The van der Waals surface area contributed by atoms with Crippen molar-refractivity contribution in [2.75, 3.05) is 13.6 Å². The van der Waals surface area contributed by atoms with Crippen molar-refractivity contribution < 1.29 is 8.42 Å². The lowest BCUT2D eigenvalue weighted by molar-refractivity contribution is 0.340. The summed E-state index contributed by atoms with van der Waals surface area (Å²) in [7, 11) is -1.84. The molecule has 118 valence electrons. The molecule has 1 saturated carbocycles. The lowest BCUT2D eigenvalue weighted by atomic mass is 10.0. The molecule has 0 radical (unpaired) electrons. The molecule has 0 aliphatic heterocycles. The van der Waals surface area contributed by atoms with Crippen LogP contribution in [-0.4, -0.2) is 32.4 Å². The number of sulfonamides is 1. The van der Waals surface area contributed by atoms with Crippen LogP contribution in [0, 0.1) is 33.6 Å². The van der Waals surface area contributed by atoms with Crippen molar-refractivity contribution in [2.24, 2.45) is 11.7 Å². The van der Waals surface area contributed by atoms with Gasteiger partial charge in [-0.05, 0) is 68.7 Å². The second kappa shape index (κ2) is 5.71. The van der Waals surface area contributed by atoms with Crippen molar-refractivity contribution in [1.29, 1.82) is 0 Å². The molecule has 0 saturated heterocycles. The van der Waals surface area contributed by atoms with Crippen molar-refractivity contribution in [2.45, 2.75) is 51.5 Å². The van der Waals surface area contributed by atoms with E-state index in [0.717, 1.165) is 35.1 Å². The first kappa shape index (κ1) is 16.5. The fourth-order valence-corrected chi connectivity index (χ4v) is 5.01. The lowest BCUT2D eigenvalue weighted by Crippen LogP contribution is -2.43. The van der Waals surface area contributed by atoms with E-state index in [0.29, 0.717) is 17.4 Å². The maximum Gasteiger partial charge on any atom is 0.243 e. The normalized spacial score (nSPS) is 17.3. The monoisotopic (exact) mass is 310 g/mol. The topological polar surface area (TPSA) is 63.4 Å². The Labute approximate surface area is 128 Å². The van der Waals surface area contributed by atoms with E-state index in [2.05, 4.69) is 0 Å². The highest BCUT2D eigenvalue weighted by molar-refractivity contribution is 7.89. The molecular weight excluding hydrogens is 284 g/mol. The highest BCUT2D eigenvalue weighted by atomic mass is 32.2. The van der Waals surface area contributed by atoms with Crippen LogP contribution in [0.25, 0.3) is 0 Å². The Morgan fingerprint density at radius 3 is 2.05 bits per heavy atom. The number of likely N-dealkylation sites (N-methyl/N-ethyl adjacent to an activating group) is 1. The van der Waals surface area contributed by atoms with Gasteiger partial charge in [0.15, 0.2) is 0 Å². The van der Waals surface area contributed by atoms with Gasteiger partial charge in [0, 0.05) is 19.6 Å². The van der Waals surface area contributed by atoms with Gasteiger partial charge in [0.25, 0.3) is 0 Å². The van der Waals surface area contributed by atoms with Crippen LogP contribution in [0.3, 0.4) is 0 Å². The summed E-state index contributed by atoms with van der Waals surface area (Å²) >= 11 is 0. The third-order valence-electron chi connectivity index (χ3n) is 4.81. The molecule has 5 heteroatoms. The zero-order valence-electron chi connectivity index (χ0n) is 13.6.